The minimum Gasteiger partial charge on any atom is -0.274 e. The standard InChI is InChI=1S/C10H10N4/c1-14-8-10(7-11-14)13-12-9-5-3-2-4-6-9/h2-8H,1H3/b13-12-. The van der Waals surface area contributed by atoms with E-state index in [1.165, 1.54) is 0 Å². The Morgan fingerprint density at radius 1 is 1.07 bits per heavy atom. The number of aryl methyl sites for hydroxylation is 1. The number of benzene rings is 1. The van der Waals surface area contributed by atoms with Gasteiger partial charge in [0, 0.05) is 7.05 Å². The van der Waals surface area contributed by atoms with Gasteiger partial charge in [-0.1, -0.05) is 18.2 Å². The van der Waals surface area contributed by atoms with Crippen molar-refractivity contribution in [3.05, 3.63) is 42.7 Å². The fourth-order valence-corrected chi connectivity index (χ4v) is 1.07. The molecule has 0 N–H and O–H groups in total. The van der Waals surface area contributed by atoms with Crippen LogP contribution in [0.3, 0.4) is 0 Å². The third-order valence-corrected chi connectivity index (χ3v) is 1.73. The SMILES string of the molecule is Cn1cc(/N=N\c2ccccc2)cn1. The van der Waals surface area contributed by atoms with E-state index in [2.05, 4.69) is 15.3 Å². The third-order valence-electron chi connectivity index (χ3n) is 1.73. The summed E-state index contributed by atoms with van der Waals surface area (Å²) in [6, 6.07) is 9.61. The molecular weight excluding hydrogens is 176 g/mol. The van der Waals surface area contributed by atoms with Gasteiger partial charge in [-0.15, -0.1) is 5.11 Å². The van der Waals surface area contributed by atoms with Gasteiger partial charge < -0.3 is 0 Å². The summed E-state index contributed by atoms with van der Waals surface area (Å²) in [5.74, 6) is 0. The summed E-state index contributed by atoms with van der Waals surface area (Å²) in [6.07, 6.45) is 3.48. The molecule has 0 fully saturated rings. The summed E-state index contributed by atoms with van der Waals surface area (Å²) in [4.78, 5) is 0. The largest absolute Gasteiger partial charge is 0.274 e. The first-order valence-electron chi connectivity index (χ1n) is 4.30. The molecule has 70 valence electrons. The normalized spacial score (nSPS) is 10.9. The van der Waals surface area contributed by atoms with Gasteiger partial charge in [0.1, 0.15) is 5.69 Å². The Labute approximate surface area is 81.9 Å². The number of hydrogen-bond donors (Lipinski definition) is 0. The molecule has 0 atom stereocenters. The molecular formula is C10H10N4. The molecule has 0 saturated heterocycles. The van der Waals surface area contributed by atoms with Crippen LogP contribution < -0.4 is 0 Å². The van der Waals surface area contributed by atoms with Crippen LogP contribution in [0, 0.1) is 0 Å². The fraction of sp³-hybridized carbons (Fsp3) is 0.100. The number of hydrogen-bond acceptors (Lipinski definition) is 3. The molecule has 14 heavy (non-hydrogen) atoms. The molecule has 4 heteroatoms. The Hall–Kier alpha value is -1.97. The van der Waals surface area contributed by atoms with Gasteiger partial charge in [-0.3, -0.25) is 4.68 Å². The molecule has 2 rings (SSSR count). The maximum Gasteiger partial charge on any atom is 0.124 e. The topological polar surface area (TPSA) is 42.5 Å². The number of aromatic nitrogens is 2. The van der Waals surface area contributed by atoms with Crippen molar-refractivity contribution in [2.75, 3.05) is 0 Å². The lowest BCUT2D eigenvalue weighted by atomic mass is 10.3. The second-order valence-corrected chi connectivity index (χ2v) is 2.91. The molecule has 0 saturated carbocycles. The van der Waals surface area contributed by atoms with Crippen LogP contribution in [0.25, 0.3) is 0 Å². The van der Waals surface area contributed by atoms with Gasteiger partial charge in [0.2, 0.25) is 0 Å². The van der Waals surface area contributed by atoms with Crippen molar-refractivity contribution in [3.63, 3.8) is 0 Å². The van der Waals surface area contributed by atoms with Gasteiger partial charge >= 0.3 is 0 Å². The average Bonchev–Trinajstić information content (AvgIpc) is 2.63. The van der Waals surface area contributed by atoms with Crippen molar-refractivity contribution in [2.24, 2.45) is 17.3 Å². The van der Waals surface area contributed by atoms with Crippen LogP contribution >= 0.6 is 0 Å². The highest BCUT2D eigenvalue weighted by Crippen LogP contribution is 2.15. The van der Waals surface area contributed by atoms with Crippen LogP contribution in [0.15, 0.2) is 53.0 Å². The Balaban J connectivity index is 2.15. The van der Waals surface area contributed by atoms with Crippen LogP contribution in [0.5, 0.6) is 0 Å². The zero-order valence-corrected chi connectivity index (χ0v) is 7.83. The van der Waals surface area contributed by atoms with Crippen LogP contribution in [-0.4, -0.2) is 9.78 Å². The van der Waals surface area contributed by atoms with Gasteiger partial charge in [0.05, 0.1) is 18.1 Å². The molecule has 0 spiro atoms. The van der Waals surface area contributed by atoms with E-state index >= 15 is 0 Å². The van der Waals surface area contributed by atoms with E-state index in [0.29, 0.717) is 0 Å². The molecule has 0 unspecified atom stereocenters. The first-order valence-corrected chi connectivity index (χ1v) is 4.30. The molecule has 0 aliphatic carbocycles. The molecule has 2 aromatic rings. The Kier molecular flexibility index (Phi) is 2.36. The van der Waals surface area contributed by atoms with Crippen molar-refractivity contribution < 1.29 is 0 Å². The van der Waals surface area contributed by atoms with Crippen molar-refractivity contribution in [3.8, 4) is 0 Å². The van der Waals surface area contributed by atoms with E-state index in [0.717, 1.165) is 11.4 Å². The highest BCUT2D eigenvalue weighted by atomic mass is 15.3. The molecule has 0 aliphatic heterocycles. The van der Waals surface area contributed by atoms with Gasteiger partial charge in [0.25, 0.3) is 0 Å². The second kappa shape index (κ2) is 3.83. The Morgan fingerprint density at radius 2 is 1.79 bits per heavy atom. The summed E-state index contributed by atoms with van der Waals surface area (Å²) >= 11 is 0. The molecule has 1 aromatic heterocycles. The van der Waals surface area contributed by atoms with Gasteiger partial charge in [-0.05, 0) is 12.1 Å². The molecule has 0 aliphatic rings. The molecule has 4 nitrogen and oxygen atoms in total. The number of azo groups is 1. The molecule has 0 amide bonds. The summed E-state index contributed by atoms with van der Waals surface area (Å²) in [6.45, 7) is 0. The van der Waals surface area contributed by atoms with Crippen LogP contribution in [0.2, 0.25) is 0 Å². The zero-order chi connectivity index (χ0) is 9.80. The molecule has 1 aromatic carbocycles. The van der Waals surface area contributed by atoms with Crippen LogP contribution in [0.1, 0.15) is 0 Å². The lowest BCUT2D eigenvalue weighted by molar-refractivity contribution is 0.768. The van der Waals surface area contributed by atoms with Gasteiger partial charge in [-0.25, -0.2) is 0 Å². The summed E-state index contributed by atoms with van der Waals surface area (Å²) in [7, 11) is 1.85. The monoisotopic (exact) mass is 186 g/mol. The molecule has 0 bridgehead atoms. The van der Waals surface area contributed by atoms with E-state index in [1.807, 2.05) is 43.6 Å². The van der Waals surface area contributed by atoms with Gasteiger partial charge in [-0.2, -0.15) is 10.2 Å². The smallest absolute Gasteiger partial charge is 0.124 e. The summed E-state index contributed by atoms with van der Waals surface area (Å²) < 4.78 is 1.69. The maximum absolute atomic E-state index is 4.06. The predicted molar refractivity (Wildman–Crippen MR) is 53.8 cm³/mol. The first kappa shape index (κ1) is 8.62. The average molecular weight is 186 g/mol. The molecule has 0 radical (unpaired) electrons. The Bertz CT molecular complexity index is 430. The minimum atomic E-state index is 0.761. The van der Waals surface area contributed by atoms with E-state index in [9.17, 15) is 0 Å². The zero-order valence-electron chi connectivity index (χ0n) is 7.83. The lowest BCUT2D eigenvalue weighted by Crippen LogP contribution is -1.83. The highest BCUT2D eigenvalue weighted by molar-refractivity contribution is 5.37. The minimum absolute atomic E-state index is 0.761. The Morgan fingerprint density at radius 3 is 2.43 bits per heavy atom. The van der Waals surface area contributed by atoms with E-state index in [-0.39, 0.29) is 0 Å². The summed E-state index contributed by atoms with van der Waals surface area (Å²) in [5.41, 5.74) is 1.60. The highest BCUT2D eigenvalue weighted by Gasteiger charge is 1.91. The predicted octanol–water partition coefficient (Wildman–Crippen LogP) is 2.84. The van der Waals surface area contributed by atoms with E-state index in [1.54, 1.807) is 10.9 Å². The van der Waals surface area contributed by atoms with Crippen molar-refractivity contribution in [2.45, 2.75) is 0 Å². The lowest BCUT2D eigenvalue weighted by Gasteiger charge is -1.88. The van der Waals surface area contributed by atoms with Crippen molar-refractivity contribution in [1.29, 1.82) is 0 Å². The number of nitrogens with zero attached hydrogens (tertiary/aromatic N) is 4. The van der Waals surface area contributed by atoms with Gasteiger partial charge in [0.15, 0.2) is 0 Å². The van der Waals surface area contributed by atoms with Crippen LogP contribution in [-0.2, 0) is 7.05 Å². The van der Waals surface area contributed by atoms with Crippen molar-refractivity contribution >= 4 is 11.4 Å². The fourth-order valence-electron chi connectivity index (χ4n) is 1.07. The quantitative estimate of drug-likeness (QED) is 0.665. The molecule has 1 heterocycles. The first-order chi connectivity index (χ1) is 6.84. The van der Waals surface area contributed by atoms with E-state index in [4.69, 9.17) is 0 Å². The summed E-state index contributed by atoms with van der Waals surface area (Å²) in [5, 5.41) is 12.1. The maximum atomic E-state index is 4.06. The second-order valence-electron chi connectivity index (χ2n) is 2.91. The van der Waals surface area contributed by atoms with Crippen molar-refractivity contribution in [1.82, 2.24) is 9.78 Å². The van der Waals surface area contributed by atoms with Crippen LogP contribution in [0.4, 0.5) is 11.4 Å². The number of rotatable bonds is 2. The van der Waals surface area contributed by atoms with E-state index < -0.39 is 0 Å². The third kappa shape index (κ3) is 2.04.